The van der Waals surface area contributed by atoms with Crippen molar-refractivity contribution < 1.29 is 13.5 Å². The van der Waals surface area contributed by atoms with E-state index in [1.54, 1.807) is 18.2 Å². The number of nitrogens with zero attached hydrogens (tertiary/aromatic N) is 2. The number of nitrogen functional groups attached to an aromatic ring is 1. The molecule has 1 aromatic heterocycles. The fraction of sp³-hybridized carbons (Fsp3) is 0.176. The number of benzene rings is 2. The third-order valence-corrected chi connectivity index (χ3v) is 3.22. The molecule has 0 saturated heterocycles. The van der Waals surface area contributed by atoms with Gasteiger partial charge in [0.05, 0.1) is 17.0 Å². The average Bonchev–Trinajstić information content (AvgIpc) is 2.45. The van der Waals surface area contributed by atoms with Crippen LogP contribution in [-0.2, 0) is 0 Å². The van der Waals surface area contributed by atoms with E-state index >= 15 is 0 Å². The summed E-state index contributed by atoms with van der Waals surface area (Å²) in [5, 5.41) is 0.634. The maximum atomic E-state index is 13.4. The average molecular weight is 315 g/mol. The van der Waals surface area contributed by atoms with Crippen LogP contribution >= 0.6 is 0 Å². The molecule has 0 amide bonds. The van der Waals surface area contributed by atoms with Crippen LogP contribution in [-0.4, -0.2) is 16.1 Å². The monoisotopic (exact) mass is 315 g/mol. The molecule has 118 valence electrons. The van der Waals surface area contributed by atoms with Crippen LogP contribution < -0.4 is 10.5 Å². The first kappa shape index (κ1) is 15.1. The lowest BCUT2D eigenvalue weighted by Gasteiger charge is -2.12. The minimum atomic E-state index is -0.632. The lowest BCUT2D eigenvalue weighted by Crippen LogP contribution is -2.09. The van der Waals surface area contributed by atoms with Crippen LogP contribution in [0.1, 0.15) is 13.8 Å². The summed E-state index contributed by atoms with van der Waals surface area (Å²) in [6.07, 6.45) is -0.0947. The Kier molecular flexibility index (Phi) is 3.82. The smallest absolute Gasteiger partial charge is 0.226 e. The van der Waals surface area contributed by atoms with Crippen molar-refractivity contribution in [1.82, 2.24) is 9.97 Å². The highest BCUT2D eigenvalue weighted by atomic mass is 19.1. The van der Waals surface area contributed by atoms with Crippen molar-refractivity contribution in [3.05, 3.63) is 48.0 Å². The Morgan fingerprint density at radius 2 is 1.65 bits per heavy atom. The summed E-state index contributed by atoms with van der Waals surface area (Å²) in [6.45, 7) is 3.74. The Bertz CT molecular complexity index is 861. The highest BCUT2D eigenvalue weighted by Gasteiger charge is 2.11. The number of hydrogen-bond donors (Lipinski definition) is 1. The molecule has 2 N–H and O–H groups in total. The second kappa shape index (κ2) is 5.79. The Morgan fingerprint density at radius 3 is 2.30 bits per heavy atom. The molecule has 0 aliphatic rings. The van der Waals surface area contributed by atoms with Crippen molar-refractivity contribution in [1.29, 1.82) is 0 Å². The molecule has 0 spiro atoms. The molecule has 3 rings (SSSR count). The number of nitrogens with two attached hydrogens (primary N) is 1. The van der Waals surface area contributed by atoms with Gasteiger partial charge in [0.25, 0.3) is 0 Å². The maximum absolute atomic E-state index is 13.4. The Hall–Kier alpha value is -2.76. The second-order valence-corrected chi connectivity index (χ2v) is 5.44. The summed E-state index contributed by atoms with van der Waals surface area (Å²) in [4.78, 5) is 8.26. The summed E-state index contributed by atoms with van der Waals surface area (Å²) < 4.78 is 32.5. The van der Waals surface area contributed by atoms with Gasteiger partial charge in [-0.15, -0.1) is 0 Å². The molecule has 0 atom stereocenters. The van der Waals surface area contributed by atoms with Gasteiger partial charge >= 0.3 is 0 Å². The third kappa shape index (κ3) is 3.21. The minimum Gasteiger partial charge on any atom is -0.474 e. The molecule has 0 aliphatic carbocycles. The molecule has 1 heterocycles. The van der Waals surface area contributed by atoms with Crippen molar-refractivity contribution >= 4 is 16.9 Å². The van der Waals surface area contributed by atoms with Crippen molar-refractivity contribution in [2.45, 2.75) is 20.0 Å². The van der Waals surface area contributed by atoms with Crippen molar-refractivity contribution in [3.63, 3.8) is 0 Å². The molecule has 6 heteroatoms. The molecule has 3 aromatic rings. The van der Waals surface area contributed by atoms with Crippen molar-refractivity contribution in [3.8, 4) is 17.0 Å². The van der Waals surface area contributed by atoms with Gasteiger partial charge in [0, 0.05) is 6.07 Å². The summed E-state index contributed by atoms with van der Waals surface area (Å²) in [6, 6.07) is 8.56. The Labute approximate surface area is 131 Å². The van der Waals surface area contributed by atoms with Gasteiger partial charge in [0.15, 0.2) is 0 Å². The molecule has 0 saturated carbocycles. The molecule has 2 aromatic carbocycles. The second-order valence-electron chi connectivity index (χ2n) is 5.44. The summed E-state index contributed by atoms with van der Waals surface area (Å²) >= 11 is 0. The van der Waals surface area contributed by atoms with E-state index in [-0.39, 0.29) is 12.1 Å². The normalized spacial score (nSPS) is 11.2. The van der Waals surface area contributed by atoms with E-state index in [4.69, 9.17) is 10.5 Å². The first-order chi connectivity index (χ1) is 10.9. The lowest BCUT2D eigenvalue weighted by molar-refractivity contribution is 0.236. The lowest BCUT2D eigenvalue weighted by atomic mass is 10.0. The van der Waals surface area contributed by atoms with E-state index in [0.29, 0.717) is 27.9 Å². The van der Waals surface area contributed by atoms with E-state index in [9.17, 15) is 8.78 Å². The zero-order valence-electron chi connectivity index (χ0n) is 12.7. The summed E-state index contributed by atoms with van der Waals surface area (Å²) in [7, 11) is 0. The van der Waals surface area contributed by atoms with E-state index in [1.807, 2.05) is 13.8 Å². The molecule has 23 heavy (non-hydrogen) atoms. The highest BCUT2D eigenvalue weighted by Crippen LogP contribution is 2.30. The number of hydrogen-bond acceptors (Lipinski definition) is 4. The first-order valence-corrected chi connectivity index (χ1v) is 7.13. The highest BCUT2D eigenvalue weighted by molar-refractivity contribution is 5.89. The van der Waals surface area contributed by atoms with Gasteiger partial charge in [-0.05, 0) is 49.2 Å². The van der Waals surface area contributed by atoms with Crippen LogP contribution in [0.2, 0.25) is 0 Å². The van der Waals surface area contributed by atoms with Crippen LogP contribution in [0.3, 0.4) is 0 Å². The molecular formula is C17H15F2N3O. The number of ether oxygens (including phenoxy) is 1. The molecule has 0 radical (unpaired) electrons. The fourth-order valence-electron chi connectivity index (χ4n) is 2.33. The molecule has 4 nitrogen and oxygen atoms in total. The molecule has 0 fully saturated rings. The van der Waals surface area contributed by atoms with Gasteiger partial charge in [-0.25, -0.2) is 13.8 Å². The molecular weight excluding hydrogens is 300 g/mol. The van der Waals surface area contributed by atoms with E-state index in [2.05, 4.69) is 9.97 Å². The standard InChI is InChI=1S/C17H15F2N3O/c1-9(2)23-16-14-7-10(3-4-15(14)21-17(20)22-16)11-5-12(18)8-13(19)6-11/h3-9H,1-2H3,(H2,20,21,22). The van der Waals surface area contributed by atoms with Gasteiger partial charge in [0.1, 0.15) is 11.6 Å². The molecule has 0 aliphatic heterocycles. The Balaban J connectivity index is 2.19. The summed E-state index contributed by atoms with van der Waals surface area (Å²) in [5.74, 6) is -0.807. The van der Waals surface area contributed by atoms with Crippen LogP contribution in [0.5, 0.6) is 5.88 Å². The van der Waals surface area contributed by atoms with Gasteiger partial charge in [-0.1, -0.05) is 6.07 Å². The number of fused-ring (bicyclic) bond motifs is 1. The first-order valence-electron chi connectivity index (χ1n) is 7.13. The molecule has 0 bridgehead atoms. The number of aromatic nitrogens is 2. The van der Waals surface area contributed by atoms with E-state index in [0.717, 1.165) is 6.07 Å². The topological polar surface area (TPSA) is 61.0 Å². The largest absolute Gasteiger partial charge is 0.474 e. The van der Waals surface area contributed by atoms with Crippen LogP contribution in [0, 0.1) is 11.6 Å². The third-order valence-electron chi connectivity index (χ3n) is 3.22. The predicted octanol–water partition coefficient (Wildman–Crippen LogP) is 3.94. The van der Waals surface area contributed by atoms with E-state index in [1.165, 1.54) is 12.1 Å². The quantitative estimate of drug-likeness (QED) is 0.795. The zero-order valence-corrected chi connectivity index (χ0v) is 12.7. The predicted molar refractivity (Wildman–Crippen MR) is 85.1 cm³/mol. The SMILES string of the molecule is CC(C)Oc1nc(N)nc2ccc(-c3cc(F)cc(F)c3)cc12. The van der Waals surface area contributed by atoms with Crippen molar-refractivity contribution in [2.75, 3.05) is 5.73 Å². The number of rotatable bonds is 3. The van der Waals surface area contributed by atoms with Crippen LogP contribution in [0.4, 0.5) is 14.7 Å². The van der Waals surface area contributed by atoms with E-state index < -0.39 is 11.6 Å². The zero-order chi connectivity index (χ0) is 16.6. The maximum Gasteiger partial charge on any atom is 0.226 e. The van der Waals surface area contributed by atoms with Gasteiger partial charge in [-0.2, -0.15) is 4.98 Å². The van der Waals surface area contributed by atoms with Crippen LogP contribution in [0.15, 0.2) is 36.4 Å². The minimum absolute atomic E-state index is 0.0947. The van der Waals surface area contributed by atoms with Crippen LogP contribution in [0.25, 0.3) is 22.0 Å². The van der Waals surface area contributed by atoms with Gasteiger partial charge < -0.3 is 10.5 Å². The van der Waals surface area contributed by atoms with Crippen molar-refractivity contribution in [2.24, 2.45) is 0 Å². The number of halogens is 2. The Morgan fingerprint density at radius 1 is 0.957 bits per heavy atom. The molecule has 0 unspecified atom stereocenters. The van der Waals surface area contributed by atoms with Gasteiger partial charge in [0.2, 0.25) is 11.8 Å². The fourth-order valence-corrected chi connectivity index (χ4v) is 2.33. The van der Waals surface area contributed by atoms with Gasteiger partial charge in [-0.3, -0.25) is 0 Å². The number of anilines is 1. The summed E-state index contributed by atoms with van der Waals surface area (Å²) in [5.41, 5.74) is 7.36.